The normalized spacial score (nSPS) is 10.6. The van der Waals surface area contributed by atoms with Crippen molar-refractivity contribution in [2.45, 2.75) is 13.1 Å². The van der Waals surface area contributed by atoms with Crippen LogP contribution in [0, 0.1) is 0 Å². The number of aromatic nitrogens is 4. The van der Waals surface area contributed by atoms with E-state index in [1.165, 1.54) is 6.20 Å². The molecule has 0 fully saturated rings. The molecule has 8 heteroatoms. The molecule has 0 radical (unpaired) electrons. The Kier molecular flexibility index (Phi) is 3.96. The van der Waals surface area contributed by atoms with Gasteiger partial charge in [0.05, 0.1) is 43.6 Å². The van der Waals surface area contributed by atoms with Crippen LogP contribution in [-0.4, -0.2) is 31.5 Å². The molecular formula is C10H12ClN5O2. The van der Waals surface area contributed by atoms with Gasteiger partial charge >= 0.3 is 0 Å². The molecule has 0 atom stereocenters. The molecule has 96 valence electrons. The number of nitrogens with one attached hydrogen (secondary N) is 2. The van der Waals surface area contributed by atoms with E-state index < -0.39 is 5.56 Å². The number of aromatic amines is 1. The number of halogens is 1. The first-order valence-electron chi connectivity index (χ1n) is 5.30. The van der Waals surface area contributed by atoms with Crippen molar-refractivity contribution in [3.63, 3.8) is 0 Å². The molecule has 2 rings (SSSR count). The fourth-order valence-corrected chi connectivity index (χ4v) is 1.63. The Bertz CT molecular complexity index is 566. The monoisotopic (exact) mass is 269 g/mol. The second-order valence-electron chi connectivity index (χ2n) is 3.55. The van der Waals surface area contributed by atoms with Crippen LogP contribution >= 0.6 is 11.6 Å². The standard InChI is InChI=1S/C10H12ClN5O2/c11-9-8(13-4-7-3-12-6-14-7)5-15-16(1-2-17)10(9)18/h3,5-6,13,17H,1-2,4H2,(H,12,14). The number of hydrogen-bond donors (Lipinski definition) is 3. The summed E-state index contributed by atoms with van der Waals surface area (Å²) in [5.74, 6) is 0. The number of rotatable bonds is 5. The summed E-state index contributed by atoms with van der Waals surface area (Å²) in [6, 6.07) is 0. The van der Waals surface area contributed by atoms with Gasteiger partial charge in [-0.15, -0.1) is 0 Å². The molecule has 0 saturated heterocycles. The van der Waals surface area contributed by atoms with E-state index in [4.69, 9.17) is 16.7 Å². The van der Waals surface area contributed by atoms with E-state index in [0.717, 1.165) is 10.4 Å². The second kappa shape index (κ2) is 5.65. The predicted molar refractivity (Wildman–Crippen MR) is 66.5 cm³/mol. The van der Waals surface area contributed by atoms with Gasteiger partial charge in [0.2, 0.25) is 0 Å². The largest absolute Gasteiger partial charge is 0.394 e. The molecule has 3 N–H and O–H groups in total. The molecule has 2 aromatic rings. The summed E-state index contributed by atoms with van der Waals surface area (Å²) >= 11 is 5.93. The molecule has 0 spiro atoms. The maximum Gasteiger partial charge on any atom is 0.287 e. The van der Waals surface area contributed by atoms with Gasteiger partial charge in [0.1, 0.15) is 5.02 Å². The molecule has 18 heavy (non-hydrogen) atoms. The van der Waals surface area contributed by atoms with Crippen LogP contribution in [0.2, 0.25) is 5.02 Å². The molecule has 0 saturated carbocycles. The predicted octanol–water partition coefficient (Wildman–Crippen LogP) is 0.224. The van der Waals surface area contributed by atoms with Gasteiger partial charge in [-0.2, -0.15) is 5.10 Å². The Balaban J connectivity index is 2.14. The summed E-state index contributed by atoms with van der Waals surface area (Å²) in [6.45, 7) is 0.425. The van der Waals surface area contributed by atoms with E-state index in [1.807, 2.05) is 0 Å². The first kappa shape index (κ1) is 12.6. The molecule has 0 amide bonds. The highest BCUT2D eigenvalue weighted by Crippen LogP contribution is 2.15. The average molecular weight is 270 g/mol. The van der Waals surface area contributed by atoms with E-state index in [0.29, 0.717) is 12.2 Å². The number of hydrogen-bond acceptors (Lipinski definition) is 5. The fraction of sp³-hybridized carbons (Fsp3) is 0.300. The molecule has 2 heterocycles. The number of H-pyrrole nitrogens is 1. The highest BCUT2D eigenvalue weighted by Gasteiger charge is 2.08. The van der Waals surface area contributed by atoms with Crippen LogP contribution in [0.15, 0.2) is 23.5 Å². The summed E-state index contributed by atoms with van der Waals surface area (Å²) in [5, 5.41) is 15.7. The number of nitrogens with zero attached hydrogens (tertiary/aromatic N) is 3. The zero-order valence-corrected chi connectivity index (χ0v) is 10.2. The molecule has 7 nitrogen and oxygen atoms in total. The van der Waals surface area contributed by atoms with Crippen molar-refractivity contribution in [2.75, 3.05) is 11.9 Å². The molecule has 0 bridgehead atoms. The summed E-state index contributed by atoms with van der Waals surface area (Å²) in [7, 11) is 0. The van der Waals surface area contributed by atoms with Gasteiger partial charge in [-0.1, -0.05) is 11.6 Å². The Morgan fingerprint density at radius 1 is 1.50 bits per heavy atom. The summed E-state index contributed by atoms with van der Waals surface area (Å²) in [6.07, 6.45) is 4.69. The minimum Gasteiger partial charge on any atom is -0.394 e. The van der Waals surface area contributed by atoms with Crippen molar-refractivity contribution in [3.8, 4) is 0 Å². The Morgan fingerprint density at radius 2 is 2.33 bits per heavy atom. The maximum absolute atomic E-state index is 11.7. The Hall–Kier alpha value is -1.86. The minimum absolute atomic E-state index is 0.0537. The van der Waals surface area contributed by atoms with Gasteiger partial charge in [0.15, 0.2) is 0 Å². The van der Waals surface area contributed by atoms with Crippen molar-refractivity contribution in [1.82, 2.24) is 19.7 Å². The van der Waals surface area contributed by atoms with Crippen LogP contribution in [0.1, 0.15) is 5.69 Å². The maximum atomic E-state index is 11.7. The highest BCUT2D eigenvalue weighted by molar-refractivity contribution is 6.32. The number of imidazole rings is 1. The number of aliphatic hydroxyl groups excluding tert-OH is 1. The quantitative estimate of drug-likeness (QED) is 0.722. The molecule has 0 aliphatic heterocycles. The lowest BCUT2D eigenvalue weighted by atomic mass is 10.4. The smallest absolute Gasteiger partial charge is 0.287 e. The summed E-state index contributed by atoms with van der Waals surface area (Å²) < 4.78 is 1.11. The van der Waals surface area contributed by atoms with Gasteiger partial charge in [0.25, 0.3) is 5.56 Å². The van der Waals surface area contributed by atoms with Crippen LogP contribution in [-0.2, 0) is 13.1 Å². The molecule has 0 unspecified atom stereocenters. The van der Waals surface area contributed by atoms with Gasteiger partial charge in [-0.05, 0) is 0 Å². The van der Waals surface area contributed by atoms with E-state index in [9.17, 15) is 4.79 Å². The number of anilines is 1. The Labute approximate surface area is 107 Å². The van der Waals surface area contributed by atoms with Gasteiger partial charge in [-0.25, -0.2) is 9.67 Å². The lowest BCUT2D eigenvalue weighted by Gasteiger charge is -2.08. The van der Waals surface area contributed by atoms with E-state index in [1.54, 1.807) is 12.5 Å². The highest BCUT2D eigenvalue weighted by atomic mass is 35.5. The lowest BCUT2D eigenvalue weighted by Crippen LogP contribution is -2.25. The third-order valence-electron chi connectivity index (χ3n) is 2.32. The second-order valence-corrected chi connectivity index (χ2v) is 3.93. The van der Waals surface area contributed by atoms with E-state index in [-0.39, 0.29) is 18.2 Å². The van der Waals surface area contributed by atoms with Crippen molar-refractivity contribution in [2.24, 2.45) is 0 Å². The van der Waals surface area contributed by atoms with Crippen LogP contribution in [0.25, 0.3) is 0 Å². The van der Waals surface area contributed by atoms with Crippen LogP contribution in [0.4, 0.5) is 5.69 Å². The van der Waals surface area contributed by atoms with Crippen LogP contribution in [0.5, 0.6) is 0 Å². The van der Waals surface area contributed by atoms with Gasteiger partial charge in [-0.3, -0.25) is 4.79 Å². The van der Waals surface area contributed by atoms with Crippen molar-refractivity contribution in [1.29, 1.82) is 0 Å². The van der Waals surface area contributed by atoms with Gasteiger partial charge < -0.3 is 15.4 Å². The molecule has 0 aromatic carbocycles. The van der Waals surface area contributed by atoms with Crippen molar-refractivity contribution >= 4 is 17.3 Å². The first-order valence-corrected chi connectivity index (χ1v) is 5.67. The number of aliphatic hydroxyl groups is 1. The zero-order chi connectivity index (χ0) is 13.0. The average Bonchev–Trinajstić information content (AvgIpc) is 2.87. The third-order valence-corrected chi connectivity index (χ3v) is 2.69. The topological polar surface area (TPSA) is 95.8 Å². The summed E-state index contributed by atoms with van der Waals surface area (Å²) in [4.78, 5) is 18.5. The summed E-state index contributed by atoms with van der Waals surface area (Å²) in [5.41, 5.74) is 0.886. The SMILES string of the molecule is O=c1c(Cl)c(NCc2cnc[nH]2)cnn1CCO. The molecule has 0 aliphatic carbocycles. The van der Waals surface area contributed by atoms with Crippen molar-refractivity contribution in [3.05, 3.63) is 39.8 Å². The van der Waals surface area contributed by atoms with Crippen molar-refractivity contribution < 1.29 is 5.11 Å². The van der Waals surface area contributed by atoms with E-state index in [2.05, 4.69) is 20.4 Å². The van der Waals surface area contributed by atoms with Crippen LogP contribution in [0.3, 0.4) is 0 Å². The minimum atomic E-state index is -0.430. The fourth-order valence-electron chi connectivity index (χ4n) is 1.41. The third kappa shape index (κ3) is 2.69. The Morgan fingerprint density at radius 3 is 3.00 bits per heavy atom. The van der Waals surface area contributed by atoms with Crippen LogP contribution < -0.4 is 10.9 Å². The van der Waals surface area contributed by atoms with Gasteiger partial charge in [0, 0.05) is 6.20 Å². The first-order chi connectivity index (χ1) is 8.72. The lowest BCUT2D eigenvalue weighted by molar-refractivity contribution is 0.266. The molecule has 0 aliphatic rings. The van der Waals surface area contributed by atoms with E-state index >= 15 is 0 Å². The molecule has 2 aromatic heterocycles. The zero-order valence-electron chi connectivity index (χ0n) is 9.43. The molecular weight excluding hydrogens is 258 g/mol.